The molecule has 112 valence electrons. The Hall–Kier alpha value is -0.890. The van der Waals surface area contributed by atoms with Crippen molar-refractivity contribution in [3.05, 3.63) is 29.1 Å². The average molecular weight is 274 g/mol. The Kier molecular flexibility index (Phi) is 6.03. The van der Waals surface area contributed by atoms with E-state index in [2.05, 4.69) is 43.2 Å². The minimum absolute atomic E-state index is 0.512. The van der Waals surface area contributed by atoms with Crippen molar-refractivity contribution in [2.75, 3.05) is 6.54 Å². The molecule has 1 heterocycles. The van der Waals surface area contributed by atoms with Crippen molar-refractivity contribution in [1.29, 1.82) is 0 Å². The Labute approximate surface area is 124 Å². The van der Waals surface area contributed by atoms with Gasteiger partial charge in [-0.2, -0.15) is 0 Å². The van der Waals surface area contributed by atoms with E-state index in [9.17, 15) is 0 Å². The molecule has 1 aliphatic carbocycles. The summed E-state index contributed by atoms with van der Waals surface area (Å²) in [5, 5.41) is 3.76. The minimum Gasteiger partial charge on any atom is -0.310 e. The van der Waals surface area contributed by atoms with Gasteiger partial charge in [0.1, 0.15) is 0 Å². The van der Waals surface area contributed by atoms with Crippen molar-refractivity contribution >= 4 is 0 Å². The second-order valence-electron chi connectivity index (χ2n) is 6.43. The lowest BCUT2D eigenvalue weighted by Crippen LogP contribution is -2.25. The molecule has 0 radical (unpaired) electrons. The fourth-order valence-corrected chi connectivity index (χ4v) is 3.48. The summed E-state index contributed by atoms with van der Waals surface area (Å²) in [7, 11) is 0. The Balaban J connectivity index is 2.08. The number of rotatable bonds is 6. The van der Waals surface area contributed by atoms with E-state index in [0.29, 0.717) is 6.04 Å². The summed E-state index contributed by atoms with van der Waals surface area (Å²) < 4.78 is 0. The van der Waals surface area contributed by atoms with Crippen LogP contribution in [0.2, 0.25) is 0 Å². The lowest BCUT2D eigenvalue weighted by atomic mass is 9.83. The molecule has 0 amide bonds. The largest absolute Gasteiger partial charge is 0.310 e. The van der Waals surface area contributed by atoms with Crippen LogP contribution < -0.4 is 5.32 Å². The van der Waals surface area contributed by atoms with Gasteiger partial charge in [-0.3, -0.25) is 4.98 Å². The van der Waals surface area contributed by atoms with Crippen molar-refractivity contribution < 1.29 is 0 Å². The van der Waals surface area contributed by atoms with Crippen LogP contribution in [-0.2, 0) is 0 Å². The maximum Gasteiger partial charge on any atom is 0.0379 e. The Bertz CT molecular complexity index is 388. The van der Waals surface area contributed by atoms with Gasteiger partial charge in [0.05, 0.1) is 0 Å². The first-order valence-corrected chi connectivity index (χ1v) is 8.37. The van der Waals surface area contributed by atoms with E-state index in [1.54, 1.807) is 0 Å². The molecule has 0 bridgehead atoms. The molecule has 1 N–H and O–H groups in total. The third kappa shape index (κ3) is 4.59. The van der Waals surface area contributed by atoms with Crippen LogP contribution in [0.4, 0.5) is 0 Å². The van der Waals surface area contributed by atoms with E-state index in [1.165, 1.54) is 50.5 Å². The van der Waals surface area contributed by atoms with E-state index in [0.717, 1.165) is 23.9 Å². The number of aryl methyl sites for hydroxylation is 2. The fourth-order valence-electron chi connectivity index (χ4n) is 3.48. The first-order valence-electron chi connectivity index (χ1n) is 8.37. The quantitative estimate of drug-likeness (QED) is 0.812. The van der Waals surface area contributed by atoms with Gasteiger partial charge < -0.3 is 5.32 Å². The topological polar surface area (TPSA) is 24.9 Å². The summed E-state index contributed by atoms with van der Waals surface area (Å²) in [4.78, 5) is 4.52. The zero-order valence-electron chi connectivity index (χ0n) is 13.4. The molecule has 20 heavy (non-hydrogen) atoms. The van der Waals surface area contributed by atoms with E-state index in [4.69, 9.17) is 0 Å². The van der Waals surface area contributed by atoms with Crippen LogP contribution in [0, 0.1) is 19.8 Å². The van der Waals surface area contributed by atoms with Crippen LogP contribution in [0.1, 0.15) is 74.9 Å². The summed E-state index contributed by atoms with van der Waals surface area (Å²) in [5.74, 6) is 0.909. The van der Waals surface area contributed by atoms with Crippen molar-refractivity contribution in [3.8, 4) is 0 Å². The predicted molar refractivity (Wildman–Crippen MR) is 85.9 cm³/mol. The van der Waals surface area contributed by atoms with E-state index in [1.807, 2.05) is 0 Å². The van der Waals surface area contributed by atoms with E-state index < -0.39 is 0 Å². The number of pyridine rings is 1. The molecule has 1 fully saturated rings. The van der Waals surface area contributed by atoms with Gasteiger partial charge in [0.15, 0.2) is 0 Å². The first kappa shape index (κ1) is 15.5. The van der Waals surface area contributed by atoms with Gasteiger partial charge in [-0.25, -0.2) is 0 Å². The van der Waals surface area contributed by atoms with Gasteiger partial charge in [-0.1, -0.05) is 39.0 Å². The zero-order chi connectivity index (χ0) is 14.4. The Morgan fingerprint density at radius 1 is 1.15 bits per heavy atom. The Morgan fingerprint density at radius 3 is 2.40 bits per heavy atom. The molecule has 1 aromatic heterocycles. The van der Waals surface area contributed by atoms with Crippen LogP contribution in [0.15, 0.2) is 12.1 Å². The normalized spacial score (nSPS) is 18.1. The predicted octanol–water partition coefficient (Wildman–Crippen LogP) is 4.71. The number of hydrogen-bond acceptors (Lipinski definition) is 2. The van der Waals surface area contributed by atoms with Crippen LogP contribution in [-0.4, -0.2) is 11.5 Å². The number of nitrogens with one attached hydrogen (secondary N) is 1. The highest BCUT2D eigenvalue weighted by Gasteiger charge is 2.20. The molecule has 2 rings (SSSR count). The maximum atomic E-state index is 4.52. The van der Waals surface area contributed by atoms with Crippen molar-refractivity contribution in [1.82, 2.24) is 10.3 Å². The number of hydrogen-bond donors (Lipinski definition) is 1. The highest BCUT2D eigenvalue weighted by atomic mass is 14.9. The van der Waals surface area contributed by atoms with Gasteiger partial charge in [0.25, 0.3) is 0 Å². The lowest BCUT2D eigenvalue weighted by Gasteiger charge is -2.28. The van der Waals surface area contributed by atoms with Crippen molar-refractivity contribution in [3.63, 3.8) is 0 Å². The molecule has 0 spiro atoms. The number of nitrogens with zero attached hydrogens (tertiary/aromatic N) is 1. The smallest absolute Gasteiger partial charge is 0.0379 e. The van der Waals surface area contributed by atoms with E-state index in [-0.39, 0.29) is 0 Å². The van der Waals surface area contributed by atoms with Gasteiger partial charge in [0.2, 0.25) is 0 Å². The first-order chi connectivity index (χ1) is 9.69. The summed E-state index contributed by atoms with van der Waals surface area (Å²) in [6.45, 7) is 7.56. The zero-order valence-corrected chi connectivity index (χ0v) is 13.4. The van der Waals surface area contributed by atoms with Crippen molar-refractivity contribution in [2.45, 2.75) is 71.8 Å². The minimum atomic E-state index is 0.512. The number of aromatic nitrogens is 1. The molecule has 1 aromatic rings. The third-order valence-corrected chi connectivity index (χ3v) is 4.44. The van der Waals surface area contributed by atoms with Gasteiger partial charge in [0, 0.05) is 17.4 Å². The second kappa shape index (κ2) is 7.78. The van der Waals surface area contributed by atoms with Gasteiger partial charge >= 0.3 is 0 Å². The van der Waals surface area contributed by atoms with Crippen LogP contribution in [0.3, 0.4) is 0 Å². The molecule has 1 aliphatic rings. The highest BCUT2D eigenvalue weighted by Crippen LogP contribution is 2.32. The summed E-state index contributed by atoms with van der Waals surface area (Å²) >= 11 is 0. The SMILES string of the molecule is CCCNC(CC1CCCCC1)c1cc(C)nc(C)c1. The molecule has 1 saturated carbocycles. The van der Waals surface area contributed by atoms with Gasteiger partial charge in [-0.15, -0.1) is 0 Å². The lowest BCUT2D eigenvalue weighted by molar-refractivity contribution is 0.300. The van der Waals surface area contributed by atoms with Gasteiger partial charge in [-0.05, 0) is 56.8 Å². The Morgan fingerprint density at radius 2 is 1.80 bits per heavy atom. The van der Waals surface area contributed by atoms with E-state index >= 15 is 0 Å². The molecule has 0 aliphatic heterocycles. The molecule has 1 atom stereocenters. The second-order valence-corrected chi connectivity index (χ2v) is 6.43. The standard InChI is InChI=1S/C18H30N2/c1-4-10-19-18(13-16-8-6-5-7-9-16)17-11-14(2)20-15(3)12-17/h11-12,16,18-19H,4-10,13H2,1-3H3. The van der Waals surface area contributed by atoms with Crippen molar-refractivity contribution in [2.24, 2.45) is 5.92 Å². The molecule has 1 unspecified atom stereocenters. The summed E-state index contributed by atoms with van der Waals surface area (Å²) in [6.07, 6.45) is 9.64. The fraction of sp³-hybridized carbons (Fsp3) is 0.722. The molecule has 0 saturated heterocycles. The molecule has 2 nitrogen and oxygen atoms in total. The van der Waals surface area contributed by atoms with Crippen LogP contribution in [0.5, 0.6) is 0 Å². The molecular weight excluding hydrogens is 244 g/mol. The third-order valence-electron chi connectivity index (χ3n) is 4.44. The maximum absolute atomic E-state index is 4.52. The molecule has 2 heteroatoms. The summed E-state index contributed by atoms with van der Waals surface area (Å²) in [6, 6.07) is 5.05. The molecule has 0 aromatic carbocycles. The molecular formula is C18H30N2. The summed E-state index contributed by atoms with van der Waals surface area (Å²) in [5.41, 5.74) is 3.73. The van der Waals surface area contributed by atoms with Crippen LogP contribution in [0.25, 0.3) is 0 Å². The monoisotopic (exact) mass is 274 g/mol. The highest BCUT2D eigenvalue weighted by molar-refractivity contribution is 5.23. The van der Waals surface area contributed by atoms with Crippen LogP contribution >= 0.6 is 0 Å². The average Bonchev–Trinajstić information content (AvgIpc) is 2.43.